The second kappa shape index (κ2) is 4.69. The van der Waals surface area contributed by atoms with Crippen LogP contribution in [0, 0.1) is 0 Å². The van der Waals surface area contributed by atoms with Crippen molar-refractivity contribution in [1.82, 2.24) is 4.90 Å². The highest BCUT2D eigenvalue weighted by Gasteiger charge is 2.40. The van der Waals surface area contributed by atoms with Gasteiger partial charge in [0.15, 0.2) is 0 Å². The van der Waals surface area contributed by atoms with Gasteiger partial charge in [-0.15, -0.1) is 0 Å². The van der Waals surface area contributed by atoms with Crippen molar-refractivity contribution in [3.05, 3.63) is 35.9 Å². The molecule has 0 aliphatic carbocycles. The number of hydrogen-bond acceptors (Lipinski definition) is 3. The molecule has 96 valence electrons. The highest BCUT2D eigenvalue weighted by Crippen LogP contribution is 2.36. The third-order valence-corrected chi connectivity index (χ3v) is 3.09. The second-order valence-corrected chi connectivity index (χ2v) is 5.85. The normalized spacial score (nSPS) is 19.4. The molecule has 0 spiro atoms. The minimum atomic E-state index is -0.497. The van der Waals surface area contributed by atoms with E-state index in [1.54, 1.807) is 4.90 Å². The maximum atomic E-state index is 12.1. The Labute approximate surface area is 113 Å². The highest BCUT2D eigenvalue weighted by molar-refractivity contribution is 7.80. The predicted molar refractivity (Wildman–Crippen MR) is 74.5 cm³/mol. The van der Waals surface area contributed by atoms with Crippen LogP contribution in [0.25, 0.3) is 0 Å². The van der Waals surface area contributed by atoms with E-state index in [2.05, 4.69) is 0 Å². The summed E-state index contributed by atoms with van der Waals surface area (Å²) in [4.78, 5) is 14.3. The van der Waals surface area contributed by atoms with Crippen LogP contribution in [0.5, 0.6) is 0 Å². The Bertz CT molecular complexity index is 464. The van der Waals surface area contributed by atoms with Crippen molar-refractivity contribution in [2.24, 2.45) is 0 Å². The molecule has 4 heteroatoms. The first kappa shape index (κ1) is 13.0. The number of hydrogen-bond donors (Lipinski definition) is 0. The van der Waals surface area contributed by atoms with Crippen LogP contribution in [0.1, 0.15) is 38.8 Å². The lowest BCUT2D eigenvalue weighted by Crippen LogP contribution is -2.50. The predicted octanol–water partition coefficient (Wildman–Crippen LogP) is 3.70. The summed E-state index contributed by atoms with van der Waals surface area (Å²) >= 11 is 5.17. The molecule has 0 aromatic heterocycles. The van der Waals surface area contributed by atoms with Gasteiger partial charge >= 0.3 is 6.09 Å². The average molecular weight is 263 g/mol. The lowest BCUT2D eigenvalue weighted by molar-refractivity contribution is 0.0255. The Kier molecular flexibility index (Phi) is 3.39. The second-order valence-electron chi connectivity index (χ2n) is 5.37. The molecule has 1 unspecified atom stereocenters. The number of nitrogens with zero attached hydrogens (tertiary/aromatic N) is 1. The first-order valence-corrected chi connectivity index (χ1v) is 6.39. The van der Waals surface area contributed by atoms with Crippen LogP contribution in [-0.4, -0.2) is 21.6 Å². The first-order chi connectivity index (χ1) is 8.38. The Morgan fingerprint density at radius 1 is 1.33 bits per heavy atom. The number of rotatable bonds is 1. The van der Waals surface area contributed by atoms with Crippen molar-refractivity contribution in [2.75, 3.05) is 0 Å². The molecule has 1 fully saturated rings. The van der Waals surface area contributed by atoms with E-state index >= 15 is 0 Å². The maximum Gasteiger partial charge on any atom is 0.415 e. The molecule has 1 amide bonds. The highest BCUT2D eigenvalue weighted by atomic mass is 32.1. The van der Waals surface area contributed by atoms with Crippen LogP contribution in [0.3, 0.4) is 0 Å². The third kappa shape index (κ3) is 2.70. The lowest BCUT2D eigenvalue weighted by Gasteiger charge is -2.41. The summed E-state index contributed by atoms with van der Waals surface area (Å²) in [6.07, 6.45) is 0.381. The van der Waals surface area contributed by atoms with E-state index in [1.165, 1.54) is 0 Å². The van der Waals surface area contributed by atoms with Gasteiger partial charge in [-0.25, -0.2) is 4.79 Å². The zero-order valence-electron chi connectivity index (χ0n) is 10.8. The summed E-state index contributed by atoms with van der Waals surface area (Å²) in [6, 6.07) is 9.91. The van der Waals surface area contributed by atoms with Crippen molar-refractivity contribution < 1.29 is 9.53 Å². The van der Waals surface area contributed by atoms with Crippen LogP contribution in [0.4, 0.5) is 4.79 Å². The maximum absolute atomic E-state index is 12.1. The molecule has 1 aromatic rings. The van der Waals surface area contributed by atoms with Crippen LogP contribution in [0.15, 0.2) is 30.3 Å². The number of amides is 1. The van der Waals surface area contributed by atoms with E-state index in [4.69, 9.17) is 17.0 Å². The largest absolute Gasteiger partial charge is 0.443 e. The molecule has 2 rings (SSSR count). The van der Waals surface area contributed by atoms with Crippen molar-refractivity contribution in [3.8, 4) is 0 Å². The average Bonchev–Trinajstić information content (AvgIpc) is 2.24. The zero-order valence-corrected chi connectivity index (χ0v) is 11.7. The number of thiocarbonyl (C=S) groups is 1. The number of ether oxygens (including phenoxy) is 1. The number of carbonyl (C=O) groups is 1. The summed E-state index contributed by atoms with van der Waals surface area (Å²) in [5, 5.41) is 0. The molecule has 1 saturated heterocycles. The van der Waals surface area contributed by atoms with Gasteiger partial charge in [0.2, 0.25) is 0 Å². The van der Waals surface area contributed by atoms with Crippen molar-refractivity contribution in [3.63, 3.8) is 0 Å². The van der Waals surface area contributed by atoms with Gasteiger partial charge in [0.1, 0.15) is 5.60 Å². The van der Waals surface area contributed by atoms with Gasteiger partial charge < -0.3 is 4.74 Å². The van der Waals surface area contributed by atoms with Crippen LogP contribution in [-0.2, 0) is 4.74 Å². The number of benzene rings is 1. The fourth-order valence-corrected chi connectivity index (χ4v) is 2.26. The lowest BCUT2D eigenvalue weighted by atomic mass is 9.95. The quantitative estimate of drug-likeness (QED) is 0.724. The van der Waals surface area contributed by atoms with Gasteiger partial charge in [-0.3, -0.25) is 4.90 Å². The molecular weight excluding hydrogens is 246 g/mol. The minimum Gasteiger partial charge on any atom is -0.443 e. The molecule has 1 atom stereocenters. The van der Waals surface area contributed by atoms with E-state index in [1.807, 2.05) is 51.1 Å². The first-order valence-electron chi connectivity index (χ1n) is 5.98. The van der Waals surface area contributed by atoms with Gasteiger partial charge in [0.05, 0.1) is 11.0 Å². The molecule has 0 saturated carbocycles. The Morgan fingerprint density at radius 3 is 2.44 bits per heavy atom. The summed E-state index contributed by atoms with van der Waals surface area (Å²) in [7, 11) is 0. The Hall–Kier alpha value is -1.42. The minimum absolute atomic E-state index is 0.0218. The smallest absolute Gasteiger partial charge is 0.415 e. The Balaban J connectivity index is 2.12. The van der Waals surface area contributed by atoms with Crippen LogP contribution >= 0.6 is 12.2 Å². The summed E-state index contributed by atoms with van der Waals surface area (Å²) in [5.41, 5.74) is 0.598. The molecule has 3 nitrogen and oxygen atoms in total. The molecule has 1 aromatic carbocycles. The molecule has 0 radical (unpaired) electrons. The molecule has 1 aliphatic heterocycles. The Morgan fingerprint density at radius 2 is 1.94 bits per heavy atom. The monoisotopic (exact) mass is 263 g/mol. The third-order valence-electron chi connectivity index (χ3n) is 2.72. The van der Waals surface area contributed by atoms with E-state index in [-0.39, 0.29) is 12.1 Å². The van der Waals surface area contributed by atoms with Crippen molar-refractivity contribution >= 4 is 23.3 Å². The molecule has 1 aliphatic rings. The number of likely N-dealkylation sites (tertiary alicyclic amines) is 1. The van der Waals surface area contributed by atoms with Gasteiger partial charge in [0.25, 0.3) is 0 Å². The fraction of sp³-hybridized carbons (Fsp3) is 0.429. The van der Waals surface area contributed by atoms with Gasteiger partial charge in [-0.05, 0) is 26.3 Å². The molecule has 0 N–H and O–H groups in total. The molecular formula is C14H17NO2S. The van der Waals surface area contributed by atoms with Crippen molar-refractivity contribution in [1.29, 1.82) is 0 Å². The van der Waals surface area contributed by atoms with E-state index in [0.29, 0.717) is 4.99 Å². The standard InChI is InChI=1S/C14H17NO2S/c1-14(2,3)17-13(16)15-11(9-12(15)18)10-7-5-4-6-8-10/h4-8,11H,9H2,1-3H3. The summed E-state index contributed by atoms with van der Waals surface area (Å²) < 4.78 is 5.36. The molecule has 1 heterocycles. The fourth-order valence-electron chi connectivity index (χ4n) is 1.90. The number of carbonyl (C=O) groups excluding carboxylic acids is 1. The van der Waals surface area contributed by atoms with Gasteiger partial charge in [0, 0.05) is 6.42 Å². The van der Waals surface area contributed by atoms with Crippen LogP contribution in [0.2, 0.25) is 0 Å². The van der Waals surface area contributed by atoms with E-state index < -0.39 is 5.60 Å². The van der Waals surface area contributed by atoms with Gasteiger partial charge in [-0.2, -0.15) is 0 Å². The molecule has 18 heavy (non-hydrogen) atoms. The van der Waals surface area contributed by atoms with Gasteiger partial charge in [-0.1, -0.05) is 42.5 Å². The van der Waals surface area contributed by atoms with Crippen LogP contribution < -0.4 is 0 Å². The topological polar surface area (TPSA) is 29.5 Å². The summed E-state index contributed by atoms with van der Waals surface area (Å²) in [5.74, 6) is 0. The zero-order chi connectivity index (χ0) is 13.3. The molecule has 0 bridgehead atoms. The summed E-state index contributed by atoms with van der Waals surface area (Å²) in [6.45, 7) is 5.56. The van der Waals surface area contributed by atoms with E-state index in [0.717, 1.165) is 12.0 Å². The van der Waals surface area contributed by atoms with E-state index in [9.17, 15) is 4.79 Å². The SMILES string of the molecule is CC(C)(C)OC(=O)N1C(=S)CC1c1ccccc1. The van der Waals surface area contributed by atoms with Crippen molar-refractivity contribution in [2.45, 2.75) is 38.8 Å².